The summed E-state index contributed by atoms with van der Waals surface area (Å²) in [6, 6.07) is 9.91. The van der Waals surface area contributed by atoms with Crippen molar-refractivity contribution in [1.82, 2.24) is 15.1 Å². The maximum absolute atomic E-state index is 13.3. The van der Waals surface area contributed by atoms with Crippen LogP contribution in [-0.2, 0) is 16.0 Å². The maximum Gasteiger partial charge on any atom is 0.237 e. The maximum atomic E-state index is 13.3. The molecule has 2 aliphatic rings. The monoisotopic (exact) mass is 485 g/mol. The Labute approximate surface area is 206 Å². The number of ether oxygens (including phenoxy) is 2. The summed E-state index contributed by atoms with van der Waals surface area (Å²) in [4.78, 5) is 31.3. The zero-order chi connectivity index (χ0) is 23.9. The number of nitrogens with one attached hydrogen (secondary N) is 1. The molecule has 1 unspecified atom stereocenters. The van der Waals surface area contributed by atoms with Crippen molar-refractivity contribution < 1.29 is 19.1 Å². The third-order valence-corrected chi connectivity index (χ3v) is 7.87. The third-order valence-electron chi connectivity index (χ3n) is 6.94. The second-order valence-corrected chi connectivity index (χ2v) is 10.1. The van der Waals surface area contributed by atoms with Crippen molar-refractivity contribution in [2.45, 2.75) is 38.1 Å². The van der Waals surface area contributed by atoms with Gasteiger partial charge in [0.1, 0.15) is 11.5 Å². The van der Waals surface area contributed by atoms with Gasteiger partial charge in [-0.05, 0) is 74.8 Å². The highest BCUT2D eigenvalue weighted by atomic mass is 32.1. The largest absolute Gasteiger partial charge is 0.497 e. The van der Waals surface area contributed by atoms with E-state index in [9.17, 15) is 9.59 Å². The predicted octanol–water partition coefficient (Wildman–Crippen LogP) is 3.50. The van der Waals surface area contributed by atoms with Gasteiger partial charge in [-0.2, -0.15) is 0 Å². The van der Waals surface area contributed by atoms with Crippen molar-refractivity contribution in [2.75, 3.05) is 46.9 Å². The van der Waals surface area contributed by atoms with Crippen LogP contribution in [0.2, 0.25) is 0 Å². The average molecular weight is 486 g/mol. The Morgan fingerprint density at radius 2 is 1.91 bits per heavy atom. The van der Waals surface area contributed by atoms with Gasteiger partial charge in [-0.15, -0.1) is 11.3 Å². The molecule has 34 heavy (non-hydrogen) atoms. The van der Waals surface area contributed by atoms with Gasteiger partial charge in [0, 0.05) is 29.4 Å². The van der Waals surface area contributed by atoms with E-state index in [0.29, 0.717) is 13.1 Å². The van der Waals surface area contributed by atoms with Crippen LogP contribution in [0, 0.1) is 5.92 Å². The lowest BCUT2D eigenvalue weighted by Gasteiger charge is -2.33. The summed E-state index contributed by atoms with van der Waals surface area (Å²) >= 11 is 1.72. The van der Waals surface area contributed by atoms with Crippen molar-refractivity contribution in [3.63, 3.8) is 0 Å². The van der Waals surface area contributed by atoms with Gasteiger partial charge in [0.15, 0.2) is 0 Å². The van der Waals surface area contributed by atoms with Gasteiger partial charge in [-0.3, -0.25) is 14.5 Å². The van der Waals surface area contributed by atoms with Crippen LogP contribution >= 0.6 is 11.3 Å². The molecule has 0 spiro atoms. The summed E-state index contributed by atoms with van der Waals surface area (Å²) in [5.74, 6) is 1.89. The van der Waals surface area contributed by atoms with Crippen LogP contribution in [0.1, 0.15) is 42.2 Å². The molecule has 4 rings (SSSR count). The first-order chi connectivity index (χ1) is 16.6. The topological polar surface area (TPSA) is 71.1 Å². The Bertz CT molecular complexity index is 957. The van der Waals surface area contributed by atoms with Crippen LogP contribution in [0.4, 0.5) is 0 Å². The highest BCUT2D eigenvalue weighted by Gasteiger charge is 2.34. The van der Waals surface area contributed by atoms with E-state index in [1.165, 1.54) is 4.88 Å². The lowest BCUT2D eigenvalue weighted by Crippen LogP contribution is -2.45. The Kier molecular flexibility index (Phi) is 8.45. The van der Waals surface area contributed by atoms with Gasteiger partial charge in [-0.1, -0.05) is 6.07 Å². The average Bonchev–Trinajstić information content (AvgIpc) is 3.56. The molecule has 1 N–H and O–H groups in total. The predicted molar refractivity (Wildman–Crippen MR) is 133 cm³/mol. The van der Waals surface area contributed by atoms with Gasteiger partial charge in [-0.25, -0.2) is 0 Å². The number of carbonyl (C=O) groups excluding carboxylic acids is 2. The van der Waals surface area contributed by atoms with Gasteiger partial charge in [0.05, 0.1) is 26.8 Å². The second-order valence-electron chi connectivity index (χ2n) is 9.02. The van der Waals surface area contributed by atoms with Crippen LogP contribution in [0.5, 0.6) is 11.5 Å². The fourth-order valence-electron chi connectivity index (χ4n) is 5.03. The number of hydrogen-bond donors (Lipinski definition) is 1. The van der Waals surface area contributed by atoms with Gasteiger partial charge in [0.25, 0.3) is 0 Å². The molecular weight excluding hydrogens is 450 g/mol. The molecule has 2 fully saturated rings. The molecule has 0 aliphatic carbocycles. The Hall–Kier alpha value is -2.58. The van der Waals surface area contributed by atoms with Crippen LogP contribution in [0.15, 0.2) is 35.7 Å². The summed E-state index contributed by atoms with van der Waals surface area (Å²) < 4.78 is 11.0. The summed E-state index contributed by atoms with van der Waals surface area (Å²) in [7, 11) is 3.31. The lowest BCUT2D eigenvalue weighted by molar-refractivity contribution is -0.134. The second kappa shape index (κ2) is 11.7. The lowest BCUT2D eigenvalue weighted by atomic mass is 9.96. The van der Waals surface area contributed by atoms with E-state index < -0.39 is 0 Å². The zero-order valence-corrected chi connectivity index (χ0v) is 20.9. The highest BCUT2D eigenvalue weighted by Crippen LogP contribution is 2.39. The molecule has 2 aliphatic heterocycles. The third kappa shape index (κ3) is 5.91. The number of methoxy groups -OCH3 is 2. The normalized spacial score (nSPS) is 19.2. The molecule has 2 aromatic rings. The first-order valence-electron chi connectivity index (χ1n) is 12.1. The molecule has 1 atom stereocenters. The molecule has 0 radical (unpaired) electrons. The quantitative estimate of drug-likeness (QED) is 0.589. The van der Waals surface area contributed by atoms with E-state index >= 15 is 0 Å². The van der Waals surface area contributed by atoms with Crippen molar-refractivity contribution in [2.24, 2.45) is 5.92 Å². The smallest absolute Gasteiger partial charge is 0.237 e. The SMILES string of the molecule is COc1ccc(OC)c(C2CCCN2C(=O)CN2CCC(C(=O)NCCc3cccs3)CC2)c1. The van der Waals surface area contributed by atoms with E-state index in [2.05, 4.69) is 21.7 Å². The number of amides is 2. The van der Waals surface area contributed by atoms with Crippen LogP contribution in [0.3, 0.4) is 0 Å². The molecule has 1 aromatic carbocycles. The number of carbonyl (C=O) groups is 2. The molecule has 8 heteroatoms. The molecule has 1 aromatic heterocycles. The number of hydrogen-bond acceptors (Lipinski definition) is 6. The molecule has 0 bridgehead atoms. The van der Waals surface area contributed by atoms with E-state index in [1.807, 2.05) is 29.2 Å². The summed E-state index contributed by atoms with van der Waals surface area (Å²) in [5, 5.41) is 5.15. The minimum absolute atomic E-state index is 0.00390. The van der Waals surface area contributed by atoms with Crippen molar-refractivity contribution in [3.8, 4) is 11.5 Å². The number of thiophene rings is 1. The molecule has 2 saturated heterocycles. The van der Waals surface area contributed by atoms with Crippen LogP contribution in [-0.4, -0.2) is 68.6 Å². The van der Waals surface area contributed by atoms with E-state index in [4.69, 9.17) is 9.47 Å². The summed E-state index contributed by atoms with van der Waals surface area (Å²) in [6.07, 6.45) is 4.37. The highest BCUT2D eigenvalue weighted by molar-refractivity contribution is 7.09. The Balaban J connectivity index is 1.27. The van der Waals surface area contributed by atoms with Crippen LogP contribution < -0.4 is 14.8 Å². The zero-order valence-electron chi connectivity index (χ0n) is 20.1. The minimum Gasteiger partial charge on any atom is -0.497 e. The van der Waals surface area contributed by atoms with E-state index in [0.717, 1.165) is 68.8 Å². The van der Waals surface area contributed by atoms with E-state index in [1.54, 1.807) is 25.6 Å². The first kappa shape index (κ1) is 24.5. The number of piperidine rings is 1. The fourth-order valence-corrected chi connectivity index (χ4v) is 5.74. The number of nitrogens with zero attached hydrogens (tertiary/aromatic N) is 2. The Morgan fingerprint density at radius 1 is 1.09 bits per heavy atom. The number of likely N-dealkylation sites (tertiary alicyclic amines) is 2. The van der Waals surface area contributed by atoms with Crippen molar-refractivity contribution in [3.05, 3.63) is 46.2 Å². The molecule has 3 heterocycles. The van der Waals surface area contributed by atoms with Gasteiger partial charge < -0.3 is 19.7 Å². The van der Waals surface area contributed by atoms with Crippen molar-refractivity contribution in [1.29, 1.82) is 0 Å². The molecule has 184 valence electrons. The number of rotatable bonds is 9. The molecule has 0 saturated carbocycles. The molecule has 7 nitrogen and oxygen atoms in total. The molecule has 2 amide bonds. The standard InChI is InChI=1S/C26H35N3O4S/c1-32-20-7-8-24(33-2)22(17-20)23-6-3-13-29(23)25(30)18-28-14-10-19(11-15-28)26(31)27-12-9-21-5-4-16-34-21/h4-5,7-8,16-17,19,23H,3,6,9-15,18H2,1-2H3,(H,27,31). The van der Waals surface area contributed by atoms with Gasteiger partial charge in [0.2, 0.25) is 11.8 Å². The first-order valence-corrected chi connectivity index (χ1v) is 13.0. The fraction of sp³-hybridized carbons (Fsp3) is 0.538. The van der Waals surface area contributed by atoms with Gasteiger partial charge >= 0.3 is 0 Å². The summed E-state index contributed by atoms with van der Waals surface area (Å²) in [5.41, 5.74) is 1.01. The van der Waals surface area contributed by atoms with Crippen molar-refractivity contribution >= 4 is 23.2 Å². The van der Waals surface area contributed by atoms with E-state index in [-0.39, 0.29) is 23.8 Å². The Morgan fingerprint density at radius 3 is 2.62 bits per heavy atom. The number of benzene rings is 1. The molecular formula is C26H35N3O4S. The minimum atomic E-state index is 0.00390. The van der Waals surface area contributed by atoms with Crippen LogP contribution in [0.25, 0.3) is 0 Å². The summed E-state index contributed by atoms with van der Waals surface area (Å²) in [6.45, 7) is 3.39.